The second-order valence-corrected chi connectivity index (χ2v) is 2.92. The Kier molecular flexibility index (Phi) is 3.65. The van der Waals surface area contributed by atoms with Crippen molar-refractivity contribution in [2.24, 2.45) is 0 Å². The fourth-order valence-electron chi connectivity index (χ4n) is 0.321. The van der Waals surface area contributed by atoms with Gasteiger partial charge in [-0.05, 0) is 6.26 Å². The molecule has 9 heavy (non-hydrogen) atoms. The van der Waals surface area contributed by atoms with Crippen LogP contribution >= 0.6 is 11.8 Å². The lowest BCUT2D eigenvalue weighted by Crippen LogP contribution is -2.40. The van der Waals surface area contributed by atoms with E-state index >= 15 is 0 Å². The first-order valence-corrected chi connectivity index (χ1v) is 3.80. The van der Waals surface area contributed by atoms with Gasteiger partial charge in [0.05, 0.1) is 5.97 Å². The highest BCUT2D eigenvalue weighted by Crippen LogP contribution is 2.08. The molecule has 0 aromatic rings. The summed E-state index contributed by atoms with van der Waals surface area (Å²) in [7, 11) is 0. The molecular weight excluding hydrogens is 140 g/mol. The number of aliphatic hydroxyl groups excluding tert-OH is 1. The number of carbonyl (C=O) groups excluding carboxylic acids is 1. The van der Waals surface area contributed by atoms with E-state index in [1.54, 1.807) is 13.2 Å². The first-order chi connectivity index (χ1) is 4.09. The van der Waals surface area contributed by atoms with Gasteiger partial charge in [-0.2, -0.15) is 11.8 Å². The van der Waals surface area contributed by atoms with Gasteiger partial charge in [0.2, 0.25) is 0 Å². The smallest absolute Gasteiger partial charge is 0.105 e. The van der Waals surface area contributed by atoms with Gasteiger partial charge in [0.25, 0.3) is 0 Å². The SMILES string of the molecule is CSC(C)C(O)C(=O)[O-]. The van der Waals surface area contributed by atoms with Crippen LogP contribution in [0.5, 0.6) is 0 Å². The molecule has 0 fully saturated rings. The number of hydrogen-bond acceptors (Lipinski definition) is 4. The van der Waals surface area contributed by atoms with Crippen LogP contribution in [0, 0.1) is 0 Å². The third kappa shape index (κ3) is 2.72. The standard InChI is InChI=1S/C5H10O3S/c1-3(9-2)4(6)5(7)8/h3-4,6H,1-2H3,(H,7,8)/p-1. The zero-order valence-electron chi connectivity index (χ0n) is 5.33. The van der Waals surface area contributed by atoms with Gasteiger partial charge in [0.15, 0.2) is 0 Å². The van der Waals surface area contributed by atoms with Crippen molar-refractivity contribution >= 4 is 17.7 Å². The molecule has 0 rings (SSSR count). The molecule has 4 heteroatoms. The number of carbonyl (C=O) groups is 1. The highest BCUT2D eigenvalue weighted by molar-refractivity contribution is 7.99. The zero-order valence-corrected chi connectivity index (χ0v) is 6.14. The molecule has 0 radical (unpaired) electrons. The molecule has 0 bridgehead atoms. The summed E-state index contributed by atoms with van der Waals surface area (Å²) in [5, 5.41) is 18.3. The van der Waals surface area contributed by atoms with E-state index in [1.165, 1.54) is 11.8 Å². The van der Waals surface area contributed by atoms with Crippen LogP contribution in [0.25, 0.3) is 0 Å². The summed E-state index contributed by atoms with van der Waals surface area (Å²) in [5.74, 6) is -1.41. The molecule has 3 nitrogen and oxygen atoms in total. The van der Waals surface area contributed by atoms with E-state index in [0.29, 0.717) is 0 Å². The van der Waals surface area contributed by atoms with E-state index in [2.05, 4.69) is 0 Å². The molecule has 1 N–H and O–H groups in total. The average molecular weight is 149 g/mol. The second kappa shape index (κ2) is 3.74. The highest BCUT2D eigenvalue weighted by Gasteiger charge is 2.12. The number of hydrogen-bond donors (Lipinski definition) is 1. The van der Waals surface area contributed by atoms with Crippen LogP contribution in [-0.4, -0.2) is 28.7 Å². The Morgan fingerprint density at radius 3 is 2.33 bits per heavy atom. The average Bonchev–Trinajstić information content (AvgIpc) is 1.84. The summed E-state index contributed by atoms with van der Waals surface area (Å²) in [6.45, 7) is 1.63. The first kappa shape index (κ1) is 8.78. The van der Waals surface area contributed by atoms with E-state index in [9.17, 15) is 9.90 Å². The van der Waals surface area contributed by atoms with Gasteiger partial charge in [-0.1, -0.05) is 6.92 Å². The molecule has 0 saturated carbocycles. The number of rotatable bonds is 3. The van der Waals surface area contributed by atoms with E-state index in [0.717, 1.165) is 0 Å². The monoisotopic (exact) mass is 149 g/mol. The van der Waals surface area contributed by atoms with Gasteiger partial charge in [-0.15, -0.1) is 0 Å². The van der Waals surface area contributed by atoms with E-state index in [-0.39, 0.29) is 5.25 Å². The Labute approximate surface area is 58.1 Å². The summed E-state index contributed by atoms with van der Waals surface area (Å²) >= 11 is 1.29. The Morgan fingerprint density at radius 2 is 2.22 bits per heavy atom. The van der Waals surface area contributed by atoms with Gasteiger partial charge in [0, 0.05) is 5.25 Å². The topological polar surface area (TPSA) is 60.4 Å². The van der Waals surface area contributed by atoms with Crippen LogP contribution in [-0.2, 0) is 4.79 Å². The summed E-state index contributed by atoms with van der Waals surface area (Å²) in [6, 6.07) is 0. The molecule has 0 aromatic heterocycles. The molecule has 0 amide bonds. The van der Waals surface area contributed by atoms with Crippen molar-refractivity contribution in [3.63, 3.8) is 0 Å². The van der Waals surface area contributed by atoms with Crippen LogP contribution in [0.2, 0.25) is 0 Å². The maximum absolute atomic E-state index is 9.93. The second-order valence-electron chi connectivity index (χ2n) is 1.70. The van der Waals surface area contributed by atoms with Crippen molar-refractivity contribution in [3.05, 3.63) is 0 Å². The van der Waals surface area contributed by atoms with Crippen LogP contribution in [0.1, 0.15) is 6.92 Å². The molecule has 0 aliphatic heterocycles. The Balaban J connectivity index is 3.72. The Morgan fingerprint density at radius 1 is 1.78 bits per heavy atom. The first-order valence-electron chi connectivity index (χ1n) is 2.51. The molecule has 0 aliphatic carbocycles. The van der Waals surface area contributed by atoms with Crippen molar-refractivity contribution in [1.29, 1.82) is 0 Å². The summed E-state index contributed by atoms with van der Waals surface area (Å²) in [6.07, 6.45) is 0.386. The van der Waals surface area contributed by atoms with Crippen molar-refractivity contribution < 1.29 is 15.0 Å². The molecule has 2 atom stereocenters. The molecule has 0 saturated heterocycles. The number of aliphatic hydroxyl groups is 1. The van der Waals surface area contributed by atoms with Crippen molar-refractivity contribution in [3.8, 4) is 0 Å². The normalized spacial score (nSPS) is 16.8. The third-order valence-corrected chi connectivity index (χ3v) is 2.06. The van der Waals surface area contributed by atoms with Gasteiger partial charge < -0.3 is 15.0 Å². The highest BCUT2D eigenvalue weighted by atomic mass is 32.2. The van der Waals surface area contributed by atoms with Crippen molar-refractivity contribution in [2.45, 2.75) is 18.3 Å². The molecule has 0 aromatic carbocycles. The number of aliphatic carboxylic acids is 1. The minimum Gasteiger partial charge on any atom is -0.547 e. The van der Waals surface area contributed by atoms with Crippen LogP contribution in [0.15, 0.2) is 0 Å². The molecule has 0 spiro atoms. The number of thioether (sulfide) groups is 1. The fourth-order valence-corrected chi connectivity index (χ4v) is 0.689. The molecule has 0 aliphatic rings. The lowest BCUT2D eigenvalue weighted by molar-refractivity contribution is -0.314. The van der Waals surface area contributed by atoms with Gasteiger partial charge >= 0.3 is 0 Å². The molecule has 54 valence electrons. The Bertz CT molecular complexity index is 104. The molecular formula is C5H9O3S-. The maximum Gasteiger partial charge on any atom is 0.105 e. The lowest BCUT2D eigenvalue weighted by Gasteiger charge is -2.16. The van der Waals surface area contributed by atoms with Crippen molar-refractivity contribution in [2.75, 3.05) is 6.26 Å². The summed E-state index contributed by atoms with van der Waals surface area (Å²) in [4.78, 5) is 9.93. The van der Waals surface area contributed by atoms with Crippen LogP contribution in [0.3, 0.4) is 0 Å². The van der Waals surface area contributed by atoms with Gasteiger partial charge in [-0.3, -0.25) is 0 Å². The fraction of sp³-hybridized carbons (Fsp3) is 0.800. The Hall–Kier alpha value is -0.220. The molecule has 0 heterocycles. The predicted octanol–water partition coefficient (Wildman–Crippen LogP) is -1.15. The van der Waals surface area contributed by atoms with Gasteiger partial charge in [0.1, 0.15) is 6.10 Å². The van der Waals surface area contributed by atoms with Crippen LogP contribution < -0.4 is 5.11 Å². The zero-order chi connectivity index (χ0) is 7.44. The minimum atomic E-state index is -1.41. The maximum atomic E-state index is 9.93. The number of carboxylic acids is 1. The molecule has 2 unspecified atom stereocenters. The summed E-state index contributed by atoms with van der Waals surface area (Å²) < 4.78 is 0. The predicted molar refractivity (Wildman–Crippen MR) is 34.0 cm³/mol. The van der Waals surface area contributed by atoms with E-state index < -0.39 is 12.1 Å². The minimum absolute atomic E-state index is 0.296. The third-order valence-electron chi connectivity index (χ3n) is 1.06. The largest absolute Gasteiger partial charge is 0.547 e. The van der Waals surface area contributed by atoms with Crippen molar-refractivity contribution in [1.82, 2.24) is 0 Å². The quantitative estimate of drug-likeness (QED) is 0.550. The van der Waals surface area contributed by atoms with E-state index in [1.807, 2.05) is 0 Å². The van der Waals surface area contributed by atoms with Gasteiger partial charge in [-0.25, -0.2) is 0 Å². The summed E-state index contributed by atoms with van der Waals surface area (Å²) in [5.41, 5.74) is 0. The number of carboxylic acid groups (broad SMARTS) is 1. The van der Waals surface area contributed by atoms with E-state index in [4.69, 9.17) is 5.11 Å². The van der Waals surface area contributed by atoms with Crippen LogP contribution in [0.4, 0.5) is 0 Å². The lowest BCUT2D eigenvalue weighted by atomic mass is 10.3.